The molecule has 2 rings (SSSR count). The summed E-state index contributed by atoms with van der Waals surface area (Å²) in [7, 11) is 0. The lowest BCUT2D eigenvalue weighted by atomic mass is 10.1. The van der Waals surface area contributed by atoms with Gasteiger partial charge in [0.05, 0.1) is 6.04 Å². The first-order valence-electron chi connectivity index (χ1n) is 6.81. The molecule has 0 aromatic heterocycles. The zero-order chi connectivity index (χ0) is 14.7. The number of anilines is 1. The predicted octanol–water partition coefficient (Wildman–Crippen LogP) is 2.61. The standard InChI is InChI=1S/C15H19ClN2O2/c1-10(2)7-14(19)17-12-8-15(20)18(9-12)13-5-3-11(16)4-6-13/h3-6,10,12H,7-9H2,1-2H3,(H,17,19)/t12-/m1/s1. The molecule has 0 radical (unpaired) electrons. The van der Waals surface area contributed by atoms with Crippen LogP contribution in [0.15, 0.2) is 24.3 Å². The molecular weight excluding hydrogens is 276 g/mol. The van der Waals surface area contributed by atoms with Crippen LogP contribution in [0.4, 0.5) is 5.69 Å². The molecule has 1 aromatic rings. The molecule has 0 bridgehead atoms. The number of halogens is 1. The summed E-state index contributed by atoms with van der Waals surface area (Å²) in [6, 6.07) is 7.05. The van der Waals surface area contributed by atoms with E-state index in [0.29, 0.717) is 30.3 Å². The molecule has 0 aliphatic carbocycles. The van der Waals surface area contributed by atoms with Crippen LogP contribution in [0.3, 0.4) is 0 Å². The van der Waals surface area contributed by atoms with Gasteiger partial charge in [0.15, 0.2) is 0 Å². The highest BCUT2D eigenvalue weighted by Crippen LogP contribution is 2.23. The molecule has 2 amide bonds. The minimum Gasteiger partial charge on any atom is -0.351 e. The Kier molecular flexibility index (Phi) is 4.65. The molecule has 4 nitrogen and oxygen atoms in total. The van der Waals surface area contributed by atoms with E-state index in [1.54, 1.807) is 17.0 Å². The van der Waals surface area contributed by atoms with E-state index in [9.17, 15) is 9.59 Å². The highest BCUT2D eigenvalue weighted by atomic mass is 35.5. The van der Waals surface area contributed by atoms with Crippen molar-refractivity contribution in [1.29, 1.82) is 0 Å². The molecule has 1 aliphatic heterocycles. The second-order valence-electron chi connectivity index (χ2n) is 5.55. The molecule has 0 spiro atoms. The van der Waals surface area contributed by atoms with Crippen molar-refractivity contribution in [3.8, 4) is 0 Å². The van der Waals surface area contributed by atoms with Gasteiger partial charge in [0.2, 0.25) is 11.8 Å². The number of amides is 2. The molecule has 1 aliphatic rings. The Hall–Kier alpha value is -1.55. The average Bonchev–Trinajstić information content (AvgIpc) is 2.70. The van der Waals surface area contributed by atoms with Crippen molar-refractivity contribution < 1.29 is 9.59 Å². The Morgan fingerprint density at radius 3 is 2.65 bits per heavy atom. The first kappa shape index (κ1) is 14.9. The lowest BCUT2D eigenvalue weighted by molar-refractivity contribution is -0.122. The van der Waals surface area contributed by atoms with Gasteiger partial charge in [-0.2, -0.15) is 0 Å². The van der Waals surface area contributed by atoms with Crippen LogP contribution < -0.4 is 10.2 Å². The van der Waals surface area contributed by atoms with Crippen molar-refractivity contribution in [2.45, 2.75) is 32.7 Å². The number of rotatable bonds is 4. The highest BCUT2D eigenvalue weighted by Gasteiger charge is 2.31. The van der Waals surface area contributed by atoms with Crippen molar-refractivity contribution in [2.24, 2.45) is 5.92 Å². The van der Waals surface area contributed by atoms with Gasteiger partial charge >= 0.3 is 0 Å². The van der Waals surface area contributed by atoms with Crippen LogP contribution in [0.2, 0.25) is 5.02 Å². The van der Waals surface area contributed by atoms with Crippen LogP contribution in [0, 0.1) is 5.92 Å². The zero-order valence-corrected chi connectivity index (χ0v) is 12.5. The van der Waals surface area contributed by atoms with Crippen LogP contribution in [0.1, 0.15) is 26.7 Å². The molecule has 1 atom stereocenters. The maximum absolute atomic E-state index is 12.0. The summed E-state index contributed by atoms with van der Waals surface area (Å²) in [6.45, 7) is 4.52. The summed E-state index contributed by atoms with van der Waals surface area (Å²) in [5, 5.41) is 3.57. The number of benzene rings is 1. The summed E-state index contributed by atoms with van der Waals surface area (Å²) in [6.07, 6.45) is 0.845. The number of carbonyl (C=O) groups excluding carboxylic acids is 2. The third kappa shape index (κ3) is 3.73. The van der Waals surface area contributed by atoms with E-state index < -0.39 is 0 Å². The number of nitrogens with zero attached hydrogens (tertiary/aromatic N) is 1. The lowest BCUT2D eigenvalue weighted by Crippen LogP contribution is -2.37. The topological polar surface area (TPSA) is 49.4 Å². The molecule has 1 fully saturated rings. The van der Waals surface area contributed by atoms with Gasteiger partial charge in [-0.15, -0.1) is 0 Å². The molecule has 0 unspecified atom stereocenters. The van der Waals surface area contributed by atoms with E-state index in [4.69, 9.17) is 11.6 Å². The van der Waals surface area contributed by atoms with Gasteiger partial charge in [0, 0.05) is 30.1 Å². The second-order valence-corrected chi connectivity index (χ2v) is 5.98. The average molecular weight is 295 g/mol. The van der Waals surface area contributed by atoms with Gasteiger partial charge in [-0.25, -0.2) is 0 Å². The molecule has 20 heavy (non-hydrogen) atoms. The van der Waals surface area contributed by atoms with Crippen LogP contribution in [0.5, 0.6) is 0 Å². The summed E-state index contributed by atoms with van der Waals surface area (Å²) < 4.78 is 0. The maximum atomic E-state index is 12.0. The molecule has 1 heterocycles. The highest BCUT2D eigenvalue weighted by molar-refractivity contribution is 6.30. The lowest BCUT2D eigenvalue weighted by Gasteiger charge is -2.17. The second kappa shape index (κ2) is 6.27. The molecule has 5 heteroatoms. The normalized spacial score (nSPS) is 18.7. The van der Waals surface area contributed by atoms with Crippen molar-refractivity contribution in [2.75, 3.05) is 11.4 Å². The maximum Gasteiger partial charge on any atom is 0.229 e. The van der Waals surface area contributed by atoms with Crippen molar-refractivity contribution >= 4 is 29.1 Å². The SMILES string of the molecule is CC(C)CC(=O)N[C@@H]1CC(=O)N(c2ccc(Cl)cc2)C1. The summed E-state index contributed by atoms with van der Waals surface area (Å²) in [5.74, 6) is 0.359. The first-order valence-corrected chi connectivity index (χ1v) is 7.19. The fraction of sp³-hybridized carbons (Fsp3) is 0.467. The number of nitrogens with one attached hydrogen (secondary N) is 1. The van der Waals surface area contributed by atoms with E-state index in [0.717, 1.165) is 5.69 Å². The number of carbonyl (C=O) groups is 2. The van der Waals surface area contributed by atoms with Crippen LogP contribution in [-0.4, -0.2) is 24.4 Å². The molecule has 1 aromatic carbocycles. The van der Waals surface area contributed by atoms with Crippen LogP contribution >= 0.6 is 11.6 Å². The van der Waals surface area contributed by atoms with Crippen LogP contribution in [0.25, 0.3) is 0 Å². The van der Waals surface area contributed by atoms with Crippen molar-refractivity contribution in [1.82, 2.24) is 5.32 Å². The summed E-state index contributed by atoms with van der Waals surface area (Å²) >= 11 is 5.84. The van der Waals surface area contributed by atoms with E-state index >= 15 is 0 Å². The third-order valence-electron chi connectivity index (χ3n) is 3.22. The van der Waals surface area contributed by atoms with Crippen molar-refractivity contribution in [3.05, 3.63) is 29.3 Å². The Bertz CT molecular complexity index is 499. The smallest absolute Gasteiger partial charge is 0.229 e. The fourth-order valence-electron chi connectivity index (χ4n) is 2.33. The minimum absolute atomic E-state index is 0.00996. The Balaban J connectivity index is 1.97. The van der Waals surface area contributed by atoms with E-state index in [-0.39, 0.29) is 17.9 Å². The zero-order valence-electron chi connectivity index (χ0n) is 11.7. The van der Waals surface area contributed by atoms with Gasteiger partial charge in [-0.1, -0.05) is 25.4 Å². The first-order chi connectivity index (χ1) is 9.45. The molecule has 0 saturated carbocycles. The van der Waals surface area contributed by atoms with E-state index in [2.05, 4.69) is 5.32 Å². The van der Waals surface area contributed by atoms with Gasteiger partial charge in [0.1, 0.15) is 0 Å². The molecule has 1 N–H and O–H groups in total. The molecule has 108 valence electrons. The monoisotopic (exact) mass is 294 g/mol. The van der Waals surface area contributed by atoms with E-state index in [1.165, 1.54) is 0 Å². The largest absolute Gasteiger partial charge is 0.351 e. The summed E-state index contributed by atoms with van der Waals surface area (Å²) in [4.78, 5) is 25.5. The Morgan fingerprint density at radius 2 is 2.05 bits per heavy atom. The molecule has 1 saturated heterocycles. The van der Waals surface area contributed by atoms with Crippen molar-refractivity contribution in [3.63, 3.8) is 0 Å². The number of hydrogen-bond acceptors (Lipinski definition) is 2. The summed E-state index contributed by atoms with van der Waals surface area (Å²) in [5.41, 5.74) is 0.819. The predicted molar refractivity (Wildman–Crippen MR) is 79.8 cm³/mol. The van der Waals surface area contributed by atoms with Gasteiger partial charge in [-0.05, 0) is 30.2 Å². The van der Waals surface area contributed by atoms with Crippen LogP contribution in [-0.2, 0) is 9.59 Å². The Morgan fingerprint density at radius 1 is 1.40 bits per heavy atom. The van der Waals surface area contributed by atoms with E-state index in [1.807, 2.05) is 26.0 Å². The number of hydrogen-bond donors (Lipinski definition) is 1. The van der Waals surface area contributed by atoms with Gasteiger partial charge in [-0.3, -0.25) is 9.59 Å². The minimum atomic E-state index is -0.107. The van der Waals surface area contributed by atoms with Gasteiger partial charge < -0.3 is 10.2 Å². The fourth-order valence-corrected chi connectivity index (χ4v) is 2.46. The Labute approximate surface area is 124 Å². The third-order valence-corrected chi connectivity index (χ3v) is 3.47. The van der Waals surface area contributed by atoms with Gasteiger partial charge in [0.25, 0.3) is 0 Å². The quantitative estimate of drug-likeness (QED) is 0.928. The molecular formula is C15H19ClN2O2.